The van der Waals surface area contributed by atoms with Crippen molar-refractivity contribution in [2.45, 2.75) is 40.6 Å². The van der Waals surface area contributed by atoms with Gasteiger partial charge in [0.2, 0.25) is 0 Å². The van der Waals surface area contributed by atoms with Crippen LogP contribution in [0.5, 0.6) is 5.75 Å². The van der Waals surface area contributed by atoms with E-state index in [1.54, 1.807) is 0 Å². The summed E-state index contributed by atoms with van der Waals surface area (Å²) < 4.78 is 18.8. The fourth-order valence-electron chi connectivity index (χ4n) is 4.53. The maximum Gasteiger partial charge on any atom is 0.258 e. The Balaban J connectivity index is 1.07. The maximum atomic E-state index is 13.4. The number of rotatable bonds is 6. The minimum atomic E-state index is -0.593. The van der Waals surface area contributed by atoms with Crippen molar-refractivity contribution < 1.29 is 18.7 Å². The quantitative estimate of drug-likeness (QED) is 0.633. The molecule has 0 aromatic heterocycles. The van der Waals surface area contributed by atoms with Gasteiger partial charge in [0.05, 0.1) is 5.02 Å². The number of fused-ring (bicyclic) bond motifs is 1. The van der Waals surface area contributed by atoms with Gasteiger partial charge in [0.15, 0.2) is 12.0 Å². The van der Waals surface area contributed by atoms with E-state index in [2.05, 4.69) is 16.0 Å². The average molecular weight is 448 g/mol. The predicted octanol–water partition coefficient (Wildman–Crippen LogP) is 3.31. The molecule has 2 bridgehead atoms. The standard InChI is InChI=1S/C21H19ClFN3O3S/c22-13-6-5-12(7-14(13)23)29-8-17(27)25-20-9-21(10-20,11-20)26-18(28)19-24-15-3-1-2-4-16(15)30-19/h1-7,19,24H,8-11H2,(H,25,27)(H,26,28). The number of nitrogens with one attached hydrogen (secondary N) is 3. The highest BCUT2D eigenvalue weighted by Gasteiger charge is 2.69. The Morgan fingerprint density at radius 1 is 1.17 bits per heavy atom. The molecular weight excluding hydrogens is 429 g/mol. The van der Waals surface area contributed by atoms with Crippen LogP contribution in [0.3, 0.4) is 0 Å². The molecular formula is C21H19ClFN3O3S. The van der Waals surface area contributed by atoms with Crippen LogP contribution in [0.15, 0.2) is 47.4 Å². The van der Waals surface area contributed by atoms with E-state index >= 15 is 0 Å². The molecule has 156 valence electrons. The number of carbonyl (C=O) groups excluding carboxylic acids is 2. The van der Waals surface area contributed by atoms with Crippen LogP contribution < -0.4 is 20.7 Å². The van der Waals surface area contributed by atoms with Gasteiger partial charge in [0.25, 0.3) is 11.8 Å². The van der Waals surface area contributed by atoms with Crippen LogP contribution in [0.2, 0.25) is 5.02 Å². The molecule has 3 aliphatic carbocycles. The minimum absolute atomic E-state index is 0.00287. The number of amides is 2. The van der Waals surface area contributed by atoms with Crippen molar-refractivity contribution in [1.29, 1.82) is 0 Å². The number of hydrogen-bond donors (Lipinski definition) is 3. The Bertz CT molecular complexity index is 1010. The number of carbonyl (C=O) groups is 2. The van der Waals surface area contributed by atoms with E-state index in [1.807, 2.05) is 24.3 Å². The molecule has 9 heteroatoms. The third kappa shape index (κ3) is 3.48. The minimum Gasteiger partial charge on any atom is -0.484 e. The van der Waals surface area contributed by atoms with E-state index in [1.165, 1.54) is 23.9 Å². The Hall–Kier alpha value is -2.45. The average Bonchev–Trinajstić information content (AvgIpc) is 3.10. The van der Waals surface area contributed by atoms with Crippen LogP contribution in [0.25, 0.3) is 0 Å². The lowest BCUT2D eigenvalue weighted by Crippen LogP contribution is -2.84. The molecule has 1 heterocycles. The zero-order valence-electron chi connectivity index (χ0n) is 15.8. The lowest BCUT2D eigenvalue weighted by molar-refractivity contribution is -0.150. The van der Waals surface area contributed by atoms with Crippen molar-refractivity contribution in [2.75, 3.05) is 11.9 Å². The van der Waals surface area contributed by atoms with Crippen LogP contribution in [0, 0.1) is 5.82 Å². The second-order valence-corrected chi connectivity index (χ2v) is 9.69. The molecule has 4 aliphatic rings. The molecule has 3 fully saturated rings. The van der Waals surface area contributed by atoms with E-state index in [9.17, 15) is 14.0 Å². The summed E-state index contributed by atoms with van der Waals surface area (Å²) in [6, 6.07) is 11.9. The number of hydrogen-bond acceptors (Lipinski definition) is 5. The van der Waals surface area contributed by atoms with Crippen molar-refractivity contribution in [3.8, 4) is 5.75 Å². The molecule has 3 saturated carbocycles. The zero-order valence-corrected chi connectivity index (χ0v) is 17.4. The Morgan fingerprint density at radius 2 is 1.90 bits per heavy atom. The lowest BCUT2D eigenvalue weighted by Gasteiger charge is -2.70. The number of anilines is 1. The lowest BCUT2D eigenvalue weighted by atomic mass is 9.44. The molecule has 3 N–H and O–H groups in total. The number of ether oxygens (including phenoxy) is 1. The molecule has 6 rings (SSSR count). The molecule has 1 atom stereocenters. The topological polar surface area (TPSA) is 79.5 Å². The highest BCUT2D eigenvalue weighted by atomic mass is 35.5. The summed E-state index contributed by atoms with van der Waals surface area (Å²) in [4.78, 5) is 25.9. The van der Waals surface area contributed by atoms with E-state index in [0.717, 1.165) is 16.6 Å². The van der Waals surface area contributed by atoms with E-state index < -0.39 is 5.82 Å². The van der Waals surface area contributed by atoms with Gasteiger partial charge in [0.1, 0.15) is 11.6 Å². The summed E-state index contributed by atoms with van der Waals surface area (Å²) in [5, 5.41) is 9.02. The Kier molecular flexibility index (Phi) is 4.59. The molecule has 0 saturated heterocycles. The third-order valence-corrected chi connectivity index (χ3v) is 7.22. The van der Waals surface area contributed by atoms with Gasteiger partial charge in [-0.3, -0.25) is 9.59 Å². The summed E-state index contributed by atoms with van der Waals surface area (Å²) in [5.74, 6) is -0.655. The monoisotopic (exact) mass is 447 g/mol. The zero-order chi connectivity index (χ0) is 20.9. The second kappa shape index (κ2) is 7.06. The number of benzene rings is 2. The van der Waals surface area contributed by atoms with Gasteiger partial charge in [-0.25, -0.2) is 4.39 Å². The van der Waals surface area contributed by atoms with Crippen LogP contribution in [-0.4, -0.2) is 34.9 Å². The second-order valence-electron chi connectivity index (χ2n) is 8.13. The van der Waals surface area contributed by atoms with Crippen LogP contribution in [0.1, 0.15) is 19.3 Å². The molecule has 0 spiro atoms. The molecule has 30 heavy (non-hydrogen) atoms. The fourth-order valence-corrected chi connectivity index (χ4v) is 5.67. The van der Waals surface area contributed by atoms with E-state index in [0.29, 0.717) is 19.3 Å². The first-order valence-electron chi connectivity index (χ1n) is 9.59. The molecule has 2 aromatic carbocycles. The van der Waals surface area contributed by atoms with Gasteiger partial charge in [0, 0.05) is 27.7 Å². The van der Waals surface area contributed by atoms with Gasteiger partial charge in [-0.05, 0) is 43.5 Å². The summed E-state index contributed by atoms with van der Waals surface area (Å²) in [6.07, 6.45) is 2.12. The van der Waals surface area contributed by atoms with Crippen LogP contribution in [-0.2, 0) is 9.59 Å². The third-order valence-electron chi connectivity index (χ3n) is 5.74. The van der Waals surface area contributed by atoms with Gasteiger partial charge in [-0.1, -0.05) is 35.5 Å². The number of thioether (sulfide) groups is 1. The first-order chi connectivity index (χ1) is 14.4. The van der Waals surface area contributed by atoms with Crippen molar-refractivity contribution in [3.63, 3.8) is 0 Å². The van der Waals surface area contributed by atoms with E-state index in [4.69, 9.17) is 16.3 Å². The summed E-state index contributed by atoms with van der Waals surface area (Å²) in [7, 11) is 0. The van der Waals surface area contributed by atoms with Gasteiger partial charge >= 0.3 is 0 Å². The number of halogens is 2. The Morgan fingerprint density at radius 3 is 2.63 bits per heavy atom. The molecule has 2 amide bonds. The molecule has 2 aromatic rings. The first kappa shape index (κ1) is 19.5. The fraction of sp³-hybridized carbons (Fsp3) is 0.333. The van der Waals surface area contributed by atoms with Gasteiger partial charge in [-0.15, -0.1) is 0 Å². The van der Waals surface area contributed by atoms with Crippen molar-refractivity contribution in [2.24, 2.45) is 0 Å². The Labute approximate surface area is 181 Å². The van der Waals surface area contributed by atoms with Crippen LogP contribution in [0.4, 0.5) is 10.1 Å². The predicted molar refractivity (Wildman–Crippen MR) is 112 cm³/mol. The maximum absolute atomic E-state index is 13.4. The summed E-state index contributed by atoms with van der Waals surface area (Å²) in [6.45, 7) is -0.205. The summed E-state index contributed by atoms with van der Waals surface area (Å²) >= 11 is 7.14. The normalized spacial score (nSPS) is 27.7. The largest absolute Gasteiger partial charge is 0.484 e. The molecule has 1 unspecified atom stereocenters. The number of para-hydroxylation sites is 1. The highest BCUT2D eigenvalue weighted by molar-refractivity contribution is 8.01. The van der Waals surface area contributed by atoms with Gasteiger partial charge in [-0.2, -0.15) is 0 Å². The molecule has 1 aliphatic heterocycles. The first-order valence-corrected chi connectivity index (χ1v) is 10.8. The van der Waals surface area contributed by atoms with Crippen molar-refractivity contribution in [1.82, 2.24) is 10.6 Å². The van der Waals surface area contributed by atoms with E-state index in [-0.39, 0.29) is 45.6 Å². The molecule has 0 radical (unpaired) electrons. The SMILES string of the molecule is O=C(COc1ccc(Cl)c(F)c1)NC12CC(NC(=O)C3Nc4ccccc4S3)(C1)C2. The highest BCUT2D eigenvalue weighted by Crippen LogP contribution is 2.60. The van der Waals surface area contributed by atoms with Crippen molar-refractivity contribution in [3.05, 3.63) is 53.3 Å². The smallest absolute Gasteiger partial charge is 0.258 e. The summed E-state index contributed by atoms with van der Waals surface area (Å²) in [5.41, 5.74) is 0.462. The van der Waals surface area contributed by atoms with Gasteiger partial charge < -0.3 is 20.7 Å². The molecule has 6 nitrogen and oxygen atoms in total. The van der Waals surface area contributed by atoms with Crippen LogP contribution >= 0.6 is 23.4 Å². The van der Waals surface area contributed by atoms with Crippen molar-refractivity contribution >= 4 is 40.9 Å².